The summed E-state index contributed by atoms with van der Waals surface area (Å²) in [5, 5.41) is 9.19. The summed E-state index contributed by atoms with van der Waals surface area (Å²) < 4.78 is 5.73. The van der Waals surface area contributed by atoms with Crippen molar-refractivity contribution < 1.29 is 14.6 Å². The van der Waals surface area contributed by atoms with Crippen LogP contribution in [0.3, 0.4) is 0 Å². The lowest BCUT2D eigenvalue weighted by Gasteiger charge is -2.39. The summed E-state index contributed by atoms with van der Waals surface area (Å²) in [6, 6.07) is 0.509. The molecular weight excluding hydrogens is 232 g/mol. The minimum atomic E-state index is -0.858. The predicted octanol–water partition coefficient (Wildman–Crippen LogP) is 0.891. The Morgan fingerprint density at radius 3 is 2.67 bits per heavy atom. The van der Waals surface area contributed by atoms with Crippen molar-refractivity contribution in [3.8, 4) is 0 Å². The number of hydrogen-bond acceptors (Lipinski definition) is 4. The Bertz CT molecular complexity index is 292. The number of ether oxygens (including phenoxy) is 1. The van der Waals surface area contributed by atoms with Gasteiger partial charge in [0, 0.05) is 25.7 Å². The van der Waals surface area contributed by atoms with Crippen LogP contribution in [0.1, 0.15) is 27.7 Å². The molecule has 0 radical (unpaired) electrons. The van der Waals surface area contributed by atoms with Gasteiger partial charge < -0.3 is 9.84 Å². The molecule has 0 aromatic carbocycles. The minimum absolute atomic E-state index is 0.0878. The molecule has 1 atom stereocenters. The first-order valence-corrected chi connectivity index (χ1v) is 6.55. The number of likely N-dealkylation sites (N-methyl/N-ethyl adjacent to an activating group) is 1. The molecule has 1 heterocycles. The van der Waals surface area contributed by atoms with Crippen molar-refractivity contribution >= 4 is 5.97 Å². The lowest BCUT2D eigenvalue weighted by molar-refractivity contribution is -0.150. The molecule has 0 aromatic heterocycles. The van der Waals surface area contributed by atoms with E-state index in [0.29, 0.717) is 12.6 Å². The lowest BCUT2D eigenvalue weighted by atomic mass is 10.0. The molecule has 1 fully saturated rings. The van der Waals surface area contributed by atoms with Gasteiger partial charge in [-0.3, -0.25) is 14.6 Å². The summed E-state index contributed by atoms with van der Waals surface area (Å²) in [5.41, 5.74) is -0.858. The average Bonchev–Trinajstić information content (AvgIpc) is 2.28. The van der Waals surface area contributed by atoms with Crippen LogP contribution in [-0.2, 0) is 9.53 Å². The van der Waals surface area contributed by atoms with Crippen LogP contribution >= 0.6 is 0 Å². The first-order chi connectivity index (χ1) is 8.25. The van der Waals surface area contributed by atoms with Crippen LogP contribution in [-0.4, -0.2) is 71.8 Å². The zero-order chi connectivity index (χ0) is 13.9. The van der Waals surface area contributed by atoms with Crippen LogP contribution in [0.5, 0.6) is 0 Å². The van der Waals surface area contributed by atoms with Gasteiger partial charge in [0.15, 0.2) is 0 Å². The van der Waals surface area contributed by atoms with Crippen LogP contribution in [0.4, 0.5) is 0 Å². The standard InChI is InChI=1S/C13H26N2O3/c1-10(2)15-6-7-18-11(9-15)8-14(5)13(3,4)12(16)17/h10-11H,6-9H2,1-5H3,(H,16,17). The van der Waals surface area contributed by atoms with Gasteiger partial charge in [0.2, 0.25) is 0 Å². The van der Waals surface area contributed by atoms with E-state index in [1.165, 1.54) is 0 Å². The Hall–Kier alpha value is -0.650. The monoisotopic (exact) mass is 258 g/mol. The second-order valence-corrected chi connectivity index (χ2v) is 5.83. The van der Waals surface area contributed by atoms with Gasteiger partial charge in [0.05, 0.1) is 12.7 Å². The molecule has 0 saturated carbocycles. The predicted molar refractivity (Wildman–Crippen MR) is 70.8 cm³/mol. The molecule has 5 heteroatoms. The summed E-state index contributed by atoms with van der Waals surface area (Å²) in [5.74, 6) is -0.804. The molecule has 1 rings (SSSR count). The molecule has 0 bridgehead atoms. The largest absolute Gasteiger partial charge is 0.480 e. The maximum atomic E-state index is 11.2. The van der Waals surface area contributed by atoms with Gasteiger partial charge in [-0.2, -0.15) is 0 Å². The average molecular weight is 258 g/mol. The molecule has 1 unspecified atom stereocenters. The molecule has 0 aromatic rings. The highest BCUT2D eigenvalue weighted by molar-refractivity contribution is 5.77. The van der Waals surface area contributed by atoms with E-state index in [1.54, 1.807) is 13.8 Å². The fraction of sp³-hybridized carbons (Fsp3) is 0.923. The molecule has 5 nitrogen and oxygen atoms in total. The van der Waals surface area contributed by atoms with Crippen molar-refractivity contribution in [1.29, 1.82) is 0 Å². The second-order valence-electron chi connectivity index (χ2n) is 5.83. The van der Waals surface area contributed by atoms with E-state index in [9.17, 15) is 9.90 Å². The molecule has 106 valence electrons. The summed E-state index contributed by atoms with van der Waals surface area (Å²) in [7, 11) is 1.84. The number of aliphatic carboxylic acids is 1. The molecular formula is C13H26N2O3. The normalized spacial score (nSPS) is 22.7. The van der Waals surface area contributed by atoms with Crippen molar-refractivity contribution in [3.63, 3.8) is 0 Å². The van der Waals surface area contributed by atoms with Crippen LogP contribution in [0.15, 0.2) is 0 Å². The number of carboxylic acid groups (broad SMARTS) is 1. The smallest absolute Gasteiger partial charge is 0.323 e. The van der Waals surface area contributed by atoms with Crippen LogP contribution in [0, 0.1) is 0 Å². The SMILES string of the molecule is CC(C)N1CCOC(CN(C)C(C)(C)C(=O)O)C1. The van der Waals surface area contributed by atoms with E-state index in [-0.39, 0.29) is 6.10 Å². The van der Waals surface area contributed by atoms with Crippen molar-refractivity contribution in [2.24, 2.45) is 0 Å². The molecule has 18 heavy (non-hydrogen) atoms. The van der Waals surface area contributed by atoms with Gasteiger partial charge in [-0.25, -0.2) is 0 Å². The van der Waals surface area contributed by atoms with Crippen LogP contribution < -0.4 is 0 Å². The Kier molecular flexibility index (Phi) is 5.13. The quantitative estimate of drug-likeness (QED) is 0.794. The maximum Gasteiger partial charge on any atom is 0.323 e. The topological polar surface area (TPSA) is 53.0 Å². The van der Waals surface area contributed by atoms with E-state index in [2.05, 4.69) is 18.7 Å². The first kappa shape index (κ1) is 15.4. The number of carboxylic acids is 1. The molecule has 0 amide bonds. The summed E-state index contributed by atoms with van der Waals surface area (Å²) in [6.07, 6.45) is 0.0878. The third-order valence-electron chi connectivity index (χ3n) is 3.86. The maximum absolute atomic E-state index is 11.2. The highest BCUT2D eigenvalue weighted by atomic mass is 16.5. The van der Waals surface area contributed by atoms with Crippen molar-refractivity contribution in [2.75, 3.05) is 33.3 Å². The van der Waals surface area contributed by atoms with Crippen LogP contribution in [0.25, 0.3) is 0 Å². The number of morpholine rings is 1. The molecule has 1 N–H and O–H groups in total. The number of carbonyl (C=O) groups is 1. The molecule has 1 aliphatic rings. The minimum Gasteiger partial charge on any atom is -0.480 e. The number of hydrogen-bond donors (Lipinski definition) is 1. The zero-order valence-corrected chi connectivity index (χ0v) is 12.1. The summed E-state index contributed by atoms with van der Waals surface area (Å²) in [4.78, 5) is 15.4. The third kappa shape index (κ3) is 3.67. The van der Waals surface area contributed by atoms with Crippen LogP contribution in [0.2, 0.25) is 0 Å². The molecule has 1 aliphatic heterocycles. The molecule has 1 saturated heterocycles. The highest BCUT2D eigenvalue weighted by Crippen LogP contribution is 2.16. The Balaban J connectivity index is 2.54. The van der Waals surface area contributed by atoms with E-state index in [4.69, 9.17) is 4.74 Å². The van der Waals surface area contributed by atoms with Gasteiger partial charge in [-0.05, 0) is 34.7 Å². The highest BCUT2D eigenvalue weighted by Gasteiger charge is 2.34. The lowest BCUT2D eigenvalue weighted by Crippen LogP contribution is -2.55. The van der Waals surface area contributed by atoms with Crippen molar-refractivity contribution in [2.45, 2.75) is 45.4 Å². The fourth-order valence-corrected chi connectivity index (χ4v) is 2.02. The Labute approximate surface area is 110 Å². The number of nitrogens with zero attached hydrogens (tertiary/aromatic N) is 2. The van der Waals surface area contributed by atoms with Crippen molar-refractivity contribution in [3.05, 3.63) is 0 Å². The Morgan fingerprint density at radius 1 is 1.56 bits per heavy atom. The Morgan fingerprint density at radius 2 is 2.17 bits per heavy atom. The molecule has 0 spiro atoms. The van der Waals surface area contributed by atoms with E-state index >= 15 is 0 Å². The summed E-state index contributed by atoms with van der Waals surface area (Å²) >= 11 is 0. The van der Waals surface area contributed by atoms with Crippen molar-refractivity contribution in [1.82, 2.24) is 9.80 Å². The van der Waals surface area contributed by atoms with Gasteiger partial charge >= 0.3 is 5.97 Å². The van der Waals surface area contributed by atoms with Gasteiger partial charge in [-0.15, -0.1) is 0 Å². The third-order valence-corrected chi connectivity index (χ3v) is 3.86. The van der Waals surface area contributed by atoms with Gasteiger partial charge in [0.1, 0.15) is 5.54 Å². The fourth-order valence-electron chi connectivity index (χ4n) is 2.02. The van der Waals surface area contributed by atoms with Gasteiger partial charge in [0.25, 0.3) is 0 Å². The van der Waals surface area contributed by atoms with E-state index in [1.807, 2.05) is 11.9 Å². The second kappa shape index (κ2) is 5.99. The first-order valence-electron chi connectivity index (χ1n) is 6.55. The summed E-state index contributed by atoms with van der Waals surface area (Å²) in [6.45, 7) is 11.0. The zero-order valence-electron chi connectivity index (χ0n) is 12.1. The van der Waals surface area contributed by atoms with Gasteiger partial charge in [-0.1, -0.05) is 0 Å². The van der Waals surface area contributed by atoms with E-state index < -0.39 is 11.5 Å². The number of rotatable bonds is 5. The van der Waals surface area contributed by atoms with E-state index in [0.717, 1.165) is 19.7 Å². The molecule has 0 aliphatic carbocycles.